The van der Waals surface area contributed by atoms with E-state index in [0.29, 0.717) is 31.3 Å². The molecule has 3 aromatic rings. The molecule has 0 radical (unpaired) electrons. The monoisotopic (exact) mass is 475 g/mol. The number of nitro benzene ring substituents is 1. The number of aryl methyl sites for hydroxylation is 1. The fourth-order valence-electron chi connectivity index (χ4n) is 3.36. The molecule has 1 aliphatic heterocycles. The van der Waals surface area contributed by atoms with Gasteiger partial charge in [-0.25, -0.2) is 8.42 Å². The Bertz CT molecular complexity index is 1250. The molecular weight excluding hydrogens is 454 g/mol. The SMILES string of the molecule is Cc1ccccc1-n1nnnc1Sc1ccc(S(=O)(=O)N2CCN(C)CC2)cc1[N+](=O)[O-]. The first kappa shape index (κ1) is 22.3. The molecule has 0 N–H and O–H groups in total. The van der Waals surface area contributed by atoms with E-state index < -0.39 is 14.9 Å². The molecule has 1 aromatic heterocycles. The van der Waals surface area contributed by atoms with E-state index in [0.717, 1.165) is 29.1 Å². The molecule has 11 nitrogen and oxygen atoms in total. The van der Waals surface area contributed by atoms with Gasteiger partial charge < -0.3 is 4.90 Å². The first-order chi connectivity index (χ1) is 15.3. The molecule has 1 fully saturated rings. The van der Waals surface area contributed by atoms with Crippen LogP contribution in [0.5, 0.6) is 0 Å². The first-order valence-corrected chi connectivity index (χ1v) is 12.0. The molecule has 1 saturated heterocycles. The lowest BCUT2D eigenvalue weighted by Gasteiger charge is -2.31. The fraction of sp³-hybridized carbons (Fsp3) is 0.316. The van der Waals surface area contributed by atoms with Gasteiger partial charge in [-0.1, -0.05) is 18.2 Å². The van der Waals surface area contributed by atoms with Crippen LogP contribution >= 0.6 is 11.8 Å². The van der Waals surface area contributed by atoms with Crippen molar-refractivity contribution in [3.05, 3.63) is 58.1 Å². The van der Waals surface area contributed by atoms with Crippen molar-refractivity contribution < 1.29 is 13.3 Å². The summed E-state index contributed by atoms with van der Waals surface area (Å²) in [6.07, 6.45) is 0. The molecule has 32 heavy (non-hydrogen) atoms. The second kappa shape index (κ2) is 8.94. The summed E-state index contributed by atoms with van der Waals surface area (Å²) in [6.45, 7) is 3.81. The first-order valence-electron chi connectivity index (χ1n) is 9.77. The van der Waals surface area contributed by atoms with Crippen molar-refractivity contribution in [1.29, 1.82) is 0 Å². The lowest BCUT2D eigenvalue weighted by atomic mass is 10.2. The largest absolute Gasteiger partial charge is 0.304 e. The quantitative estimate of drug-likeness (QED) is 0.388. The molecule has 1 aliphatic rings. The molecule has 4 rings (SSSR count). The van der Waals surface area contributed by atoms with Crippen molar-refractivity contribution in [2.45, 2.75) is 21.9 Å². The molecule has 2 heterocycles. The van der Waals surface area contributed by atoms with Crippen LogP contribution < -0.4 is 0 Å². The third kappa shape index (κ3) is 4.37. The van der Waals surface area contributed by atoms with Crippen LogP contribution in [0.1, 0.15) is 5.56 Å². The predicted octanol–water partition coefficient (Wildman–Crippen LogP) is 1.97. The highest BCUT2D eigenvalue weighted by molar-refractivity contribution is 7.99. The van der Waals surface area contributed by atoms with Crippen molar-refractivity contribution in [3.63, 3.8) is 0 Å². The molecule has 168 valence electrons. The van der Waals surface area contributed by atoms with E-state index in [-0.39, 0.29) is 15.5 Å². The lowest BCUT2D eigenvalue weighted by molar-refractivity contribution is -0.388. The normalized spacial score (nSPS) is 15.7. The van der Waals surface area contributed by atoms with E-state index in [4.69, 9.17) is 0 Å². The summed E-state index contributed by atoms with van der Waals surface area (Å²) < 4.78 is 28.9. The number of benzene rings is 2. The van der Waals surface area contributed by atoms with E-state index in [2.05, 4.69) is 15.5 Å². The summed E-state index contributed by atoms with van der Waals surface area (Å²) in [5.74, 6) is 0. The van der Waals surface area contributed by atoms with Crippen molar-refractivity contribution >= 4 is 27.5 Å². The summed E-state index contributed by atoms with van der Waals surface area (Å²) in [4.78, 5) is 13.4. The van der Waals surface area contributed by atoms with Crippen LogP contribution in [0.15, 0.2) is 57.4 Å². The van der Waals surface area contributed by atoms with Crippen LogP contribution in [-0.4, -0.2) is 76.0 Å². The minimum Gasteiger partial charge on any atom is -0.304 e. The maximum Gasteiger partial charge on any atom is 0.284 e. The van der Waals surface area contributed by atoms with Gasteiger partial charge in [0, 0.05) is 32.2 Å². The summed E-state index contributed by atoms with van der Waals surface area (Å²) in [5.41, 5.74) is 1.37. The number of hydrogen-bond acceptors (Lipinski definition) is 9. The summed E-state index contributed by atoms with van der Waals surface area (Å²) in [7, 11) is -1.91. The Hall–Kier alpha value is -2.87. The Morgan fingerprint density at radius 1 is 1.09 bits per heavy atom. The average molecular weight is 476 g/mol. The van der Waals surface area contributed by atoms with Gasteiger partial charge in [-0.3, -0.25) is 10.1 Å². The van der Waals surface area contributed by atoms with Crippen molar-refractivity contribution in [2.24, 2.45) is 0 Å². The van der Waals surface area contributed by atoms with E-state index in [1.807, 2.05) is 43.1 Å². The predicted molar refractivity (Wildman–Crippen MR) is 117 cm³/mol. The number of sulfonamides is 1. The van der Waals surface area contributed by atoms with Gasteiger partial charge in [-0.2, -0.15) is 8.99 Å². The Morgan fingerprint density at radius 2 is 1.81 bits per heavy atom. The van der Waals surface area contributed by atoms with Gasteiger partial charge in [0.2, 0.25) is 15.2 Å². The third-order valence-electron chi connectivity index (χ3n) is 5.21. The molecule has 2 aromatic carbocycles. The van der Waals surface area contributed by atoms with Gasteiger partial charge in [-0.05, 0) is 59.9 Å². The number of nitrogens with zero attached hydrogens (tertiary/aromatic N) is 7. The molecule has 13 heteroatoms. The van der Waals surface area contributed by atoms with Crippen molar-refractivity contribution in [2.75, 3.05) is 33.2 Å². The zero-order valence-corrected chi connectivity index (χ0v) is 19.1. The van der Waals surface area contributed by atoms with Crippen molar-refractivity contribution in [1.82, 2.24) is 29.4 Å². The number of hydrogen-bond donors (Lipinski definition) is 0. The fourth-order valence-corrected chi connectivity index (χ4v) is 5.67. The molecule has 0 spiro atoms. The van der Waals surface area contributed by atoms with Gasteiger partial charge in [0.25, 0.3) is 5.69 Å². The van der Waals surface area contributed by atoms with E-state index in [9.17, 15) is 18.5 Å². The average Bonchev–Trinajstić information content (AvgIpc) is 3.22. The third-order valence-corrected chi connectivity index (χ3v) is 8.11. The molecule has 0 amide bonds. The van der Waals surface area contributed by atoms with Crippen LogP contribution in [0.4, 0.5) is 5.69 Å². The van der Waals surface area contributed by atoms with Gasteiger partial charge in [0.05, 0.1) is 20.4 Å². The zero-order valence-electron chi connectivity index (χ0n) is 17.4. The second-order valence-corrected chi connectivity index (χ2v) is 10.3. The number of tetrazole rings is 1. The van der Waals surface area contributed by atoms with E-state index in [1.54, 1.807) is 0 Å². The highest BCUT2D eigenvalue weighted by Crippen LogP contribution is 2.36. The molecule has 0 aliphatic carbocycles. The molecule has 0 bridgehead atoms. The minimum absolute atomic E-state index is 0.100. The zero-order chi connectivity index (χ0) is 22.9. The van der Waals surface area contributed by atoms with Crippen LogP contribution in [0.25, 0.3) is 5.69 Å². The summed E-state index contributed by atoms with van der Waals surface area (Å²) in [5, 5.41) is 23.8. The Kier molecular flexibility index (Phi) is 6.24. The van der Waals surface area contributed by atoms with Gasteiger partial charge in [0.15, 0.2) is 0 Å². The number of para-hydroxylation sites is 1. The number of nitro groups is 1. The highest BCUT2D eigenvalue weighted by atomic mass is 32.2. The summed E-state index contributed by atoms with van der Waals surface area (Å²) in [6, 6.07) is 11.4. The second-order valence-electron chi connectivity index (χ2n) is 7.36. The van der Waals surface area contributed by atoms with Gasteiger partial charge in [0.1, 0.15) is 0 Å². The molecule has 0 atom stereocenters. The Morgan fingerprint density at radius 3 is 2.50 bits per heavy atom. The Labute approximate surface area is 189 Å². The number of aromatic nitrogens is 4. The van der Waals surface area contributed by atoms with E-state index in [1.165, 1.54) is 21.1 Å². The number of likely N-dealkylation sites (N-methyl/N-ethyl adjacent to an activating group) is 1. The van der Waals surface area contributed by atoms with Crippen molar-refractivity contribution in [3.8, 4) is 5.69 Å². The number of rotatable bonds is 6. The van der Waals surface area contributed by atoms with E-state index >= 15 is 0 Å². The minimum atomic E-state index is -3.83. The maximum absolute atomic E-state index is 13.0. The molecule has 0 unspecified atom stereocenters. The van der Waals surface area contributed by atoms with Crippen LogP contribution in [0.3, 0.4) is 0 Å². The maximum atomic E-state index is 13.0. The highest BCUT2D eigenvalue weighted by Gasteiger charge is 2.30. The smallest absolute Gasteiger partial charge is 0.284 e. The molecule has 0 saturated carbocycles. The van der Waals surface area contributed by atoms with Crippen LogP contribution in [0, 0.1) is 17.0 Å². The summed E-state index contributed by atoms with van der Waals surface area (Å²) >= 11 is 1.00. The topological polar surface area (TPSA) is 127 Å². The standard InChI is InChI=1S/C19H21N7O4S2/c1-14-5-3-4-6-16(14)25-19(20-21-22-25)31-18-8-7-15(13-17(18)26(27)28)32(29,30)24-11-9-23(2)10-12-24/h3-8,13H,9-12H2,1-2H3. The molecular formula is C19H21N7O4S2. The number of piperazine rings is 1. The lowest BCUT2D eigenvalue weighted by Crippen LogP contribution is -2.47. The van der Waals surface area contributed by atoms with Gasteiger partial charge >= 0.3 is 0 Å². The van der Waals surface area contributed by atoms with Crippen LogP contribution in [-0.2, 0) is 10.0 Å². The van der Waals surface area contributed by atoms with Gasteiger partial charge in [-0.15, -0.1) is 5.10 Å². The van der Waals surface area contributed by atoms with Crippen LogP contribution in [0.2, 0.25) is 0 Å². The Balaban J connectivity index is 1.67.